The zero-order valence-corrected chi connectivity index (χ0v) is 11.7. The molecule has 5 heteroatoms. The summed E-state index contributed by atoms with van der Waals surface area (Å²) in [5.74, 6) is -0.938. The van der Waals surface area contributed by atoms with Gasteiger partial charge in [-0.25, -0.2) is 0 Å². The van der Waals surface area contributed by atoms with Crippen LogP contribution in [-0.2, 0) is 4.79 Å². The summed E-state index contributed by atoms with van der Waals surface area (Å²) < 4.78 is 0. The van der Waals surface area contributed by atoms with Gasteiger partial charge in [-0.3, -0.25) is 4.79 Å². The van der Waals surface area contributed by atoms with Gasteiger partial charge in [0.25, 0.3) is 0 Å². The third kappa shape index (κ3) is 3.37. The Kier molecular flexibility index (Phi) is 5.45. The van der Waals surface area contributed by atoms with Crippen molar-refractivity contribution in [2.24, 2.45) is 5.92 Å². The van der Waals surface area contributed by atoms with Crippen LogP contribution in [0.4, 0.5) is 0 Å². The van der Waals surface area contributed by atoms with Crippen LogP contribution in [0, 0.1) is 5.92 Å². The van der Waals surface area contributed by atoms with Crippen molar-refractivity contribution < 1.29 is 9.90 Å². The zero-order valence-electron chi connectivity index (χ0n) is 10.2. The summed E-state index contributed by atoms with van der Waals surface area (Å²) in [5, 5.41) is 9.98. The summed E-state index contributed by atoms with van der Waals surface area (Å²) in [4.78, 5) is 13.4. The predicted molar refractivity (Wildman–Crippen MR) is 74.7 cm³/mol. The molecule has 0 spiro atoms. The molecule has 1 heterocycles. The van der Waals surface area contributed by atoms with E-state index in [1.54, 1.807) is 0 Å². The minimum Gasteiger partial charge on any atom is -0.481 e. The number of likely N-dealkylation sites (tertiary alicyclic amines) is 1. The molecule has 1 aliphatic rings. The summed E-state index contributed by atoms with van der Waals surface area (Å²) >= 11 is 5.85. The average Bonchev–Trinajstić information content (AvgIpc) is 2.30. The molecule has 1 saturated heterocycles. The molecular weight excluding hydrogens is 273 g/mol. The molecular formula is C13H17Cl2NO2. The van der Waals surface area contributed by atoms with Crippen molar-refractivity contribution in [1.29, 1.82) is 0 Å². The minimum atomic E-state index is -0.712. The van der Waals surface area contributed by atoms with Crippen LogP contribution in [0.25, 0.3) is 0 Å². The maximum Gasteiger partial charge on any atom is 0.308 e. The average molecular weight is 290 g/mol. The van der Waals surface area contributed by atoms with E-state index in [2.05, 4.69) is 4.90 Å². The van der Waals surface area contributed by atoms with E-state index in [1.807, 2.05) is 31.3 Å². The number of carboxylic acids is 1. The van der Waals surface area contributed by atoms with E-state index < -0.39 is 5.97 Å². The Morgan fingerprint density at radius 3 is 2.56 bits per heavy atom. The molecule has 100 valence electrons. The number of aliphatic carboxylic acids is 1. The Morgan fingerprint density at radius 2 is 2.00 bits per heavy atom. The van der Waals surface area contributed by atoms with E-state index >= 15 is 0 Å². The van der Waals surface area contributed by atoms with E-state index in [4.69, 9.17) is 11.6 Å². The van der Waals surface area contributed by atoms with Crippen LogP contribution in [0.2, 0.25) is 5.02 Å². The Morgan fingerprint density at radius 1 is 1.39 bits per heavy atom. The number of hydrogen-bond donors (Lipinski definition) is 1. The highest BCUT2D eigenvalue weighted by atomic mass is 35.5. The summed E-state index contributed by atoms with van der Waals surface area (Å²) in [6.07, 6.45) is 0.884. The van der Waals surface area contributed by atoms with Gasteiger partial charge in [-0.05, 0) is 43.6 Å². The fourth-order valence-corrected chi connectivity index (χ4v) is 2.60. The molecule has 1 fully saturated rings. The van der Waals surface area contributed by atoms with E-state index in [1.165, 1.54) is 0 Å². The van der Waals surface area contributed by atoms with Gasteiger partial charge in [0.15, 0.2) is 0 Å². The van der Waals surface area contributed by atoms with Gasteiger partial charge in [-0.15, -0.1) is 12.4 Å². The first-order valence-corrected chi connectivity index (χ1v) is 6.12. The topological polar surface area (TPSA) is 40.5 Å². The van der Waals surface area contributed by atoms with Crippen LogP contribution in [0.5, 0.6) is 0 Å². The second-order valence-electron chi connectivity index (χ2n) is 4.65. The van der Waals surface area contributed by atoms with Crippen LogP contribution in [0.1, 0.15) is 17.9 Å². The lowest BCUT2D eigenvalue weighted by Gasteiger charge is -2.34. The number of rotatable bonds is 2. The van der Waals surface area contributed by atoms with Gasteiger partial charge in [0.2, 0.25) is 0 Å². The molecule has 0 bridgehead atoms. The molecule has 0 aromatic heterocycles. The SMILES string of the molecule is CN1CC[C@@H](c2ccc(Cl)cc2)[C@H](C(=O)O)C1.Cl. The number of hydrogen-bond acceptors (Lipinski definition) is 2. The molecule has 2 atom stereocenters. The summed E-state index contributed by atoms with van der Waals surface area (Å²) in [7, 11) is 1.97. The Bertz CT molecular complexity index is 408. The lowest BCUT2D eigenvalue weighted by Crippen LogP contribution is -2.40. The molecule has 1 aromatic rings. The molecule has 2 rings (SSSR count). The lowest BCUT2D eigenvalue weighted by molar-refractivity contribution is -0.144. The second-order valence-corrected chi connectivity index (χ2v) is 5.09. The maximum absolute atomic E-state index is 11.3. The van der Waals surface area contributed by atoms with Crippen LogP contribution >= 0.6 is 24.0 Å². The number of carbonyl (C=O) groups is 1. The normalized spacial score (nSPS) is 24.3. The molecule has 0 radical (unpaired) electrons. The van der Waals surface area contributed by atoms with Gasteiger partial charge in [0.05, 0.1) is 5.92 Å². The predicted octanol–water partition coefficient (Wildman–Crippen LogP) is 2.88. The highest BCUT2D eigenvalue weighted by molar-refractivity contribution is 6.30. The quantitative estimate of drug-likeness (QED) is 0.910. The molecule has 0 unspecified atom stereocenters. The van der Waals surface area contributed by atoms with Crippen molar-refractivity contribution in [2.45, 2.75) is 12.3 Å². The number of piperidine rings is 1. The van der Waals surface area contributed by atoms with E-state index in [9.17, 15) is 9.90 Å². The number of nitrogens with zero attached hydrogens (tertiary/aromatic N) is 1. The highest BCUT2D eigenvalue weighted by Gasteiger charge is 2.33. The lowest BCUT2D eigenvalue weighted by atomic mass is 9.80. The van der Waals surface area contributed by atoms with Gasteiger partial charge >= 0.3 is 5.97 Å². The number of halogens is 2. The van der Waals surface area contributed by atoms with Crippen molar-refractivity contribution in [1.82, 2.24) is 4.90 Å². The van der Waals surface area contributed by atoms with Gasteiger partial charge in [0.1, 0.15) is 0 Å². The molecule has 1 aliphatic heterocycles. The van der Waals surface area contributed by atoms with Gasteiger partial charge in [-0.2, -0.15) is 0 Å². The van der Waals surface area contributed by atoms with Gasteiger partial charge in [0, 0.05) is 11.6 Å². The van der Waals surface area contributed by atoms with Crippen LogP contribution in [0.15, 0.2) is 24.3 Å². The van der Waals surface area contributed by atoms with Gasteiger partial charge in [-0.1, -0.05) is 23.7 Å². The highest BCUT2D eigenvalue weighted by Crippen LogP contribution is 2.33. The van der Waals surface area contributed by atoms with Gasteiger partial charge < -0.3 is 10.0 Å². The summed E-state index contributed by atoms with van der Waals surface area (Å²) in [6.45, 7) is 1.56. The first-order chi connectivity index (χ1) is 8.08. The molecule has 1 N–H and O–H groups in total. The summed E-state index contributed by atoms with van der Waals surface area (Å²) in [6, 6.07) is 7.53. The Balaban J connectivity index is 0.00000162. The van der Waals surface area contributed by atoms with E-state index in [0.29, 0.717) is 11.6 Å². The molecule has 0 saturated carbocycles. The standard InChI is InChI=1S/C13H16ClNO2.ClH/c1-15-7-6-11(12(8-15)13(16)17)9-2-4-10(14)5-3-9;/h2-5,11-12H,6-8H2,1H3,(H,16,17);1H/t11-,12+;/m0./s1. The third-order valence-corrected chi connectivity index (χ3v) is 3.68. The summed E-state index contributed by atoms with van der Waals surface area (Å²) in [5.41, 5.74) is 1.08. The van der Waals surface area contributed by atoms with Crippen LogP contribution < -0.4 is 0 Å². The zero-order chi connectivity index (χ0) is 12.4. The van der Waals surface area contributed by atoms with Crippen molar-refractivity contribution in [3.8, 4) is 0 Å². The van der Waals surface area contributed by atoms with E-state index in [0.717, 1.165) is 18.5 Å². The Labute approximate surface area is 118 Å². The molecule has 1 aromatic carbocycles. The monoisotopic (exact) mass is 289 g/mol. The first kappa shape index (κ1) is 15.3. The smallest absolute Gasteiger partial charge is 0.308 e. The van der Waals surface area contributed by atoms with Crippen molar-refractivity contribution in [3.05, 3.63) is 34.9 Å². The van der Waals surface area contributed by atoms with E-state index in [-0.39, 0.29) is 24.2 Å². The Hall–Kier alpha value is -0.770. The van der Waals surface area contributed by atoms with Crippen LogP contribution in [-0.4, -0.2) is 36.1 Å². The first-order valence-electron chi connectivity index (χ1n) is 5.74. The minimum absolute atomic E-state index is 0. The fourth-order valence-electron chi connectivity index (χ4n) is 2.47. The second kappa shape index (κ2) is 6.41. The van der Waals surface area contributed by atoms with Crippen LogP contribution in [0.3, 0.4) is 0 Å². The molecule has 3 nitrogen and oxygen atoms in total. The van der Waals surface area contributed by atoms with Crippen molar-refractivity contribution >= 4 is 30.0 Å². The van der Waals surface area contributed by atoms with Crippen molar-refractivity contribution in [3.63, 3.8) is 0 Å². The molecule has 0 amide bonds. The van der Waals surface area contributed by atoms with Crippen molar-refractivity contribution in [2.75, 3.05) is 20.1 Å². The third-order valence-electron chi connectivity index (χ3n) is 3.43. The maximum atomic E-state index is 11.3. The molecule has 0 aliphatic carbocycles. The number of carboxylic acid groups (broad SMARTS) is 1. The number of benzene rings is 1. The fraction of sp³-hybridized carbons (Fsp3) is 0.462. The molecule has 18 heavy (non-hydrogen) atoms. The largest absolute Gasteiger partial charge is 0.481 e.